The van der Waals surface area contributed by atoms with E-state index in [-0.39, 0.29) is 0 Å². The van der Waals surface area contributed by atoms with Crippen molar-refractivity contribution in [1.82, 2.24) is 5.32 Å². The van der Waals surface area contributed by atoms with Gasteiger partial charge in [0.1, 0.15) is 0 Å². The monoisotopic (exact) mass is 213 g/mol. The Balaban J connectivity index is 3.45. The molecule has 0 fully saturated rings. The summed E-state index contributed by atoms with van der Waals surface area (Å²) in [4.78, 5) is 0. The molecule has 0 aliphatic carbocycles. The van der Waals surface area contributed by atoms with Gasteiger partial charge in [-0.15, -0.1) is 6.58 Å². The molecule has 0 aromatic carbocycles. The third-order valence-corrected chi connectivity index (χ3v) is 2.06. The second kappa shape index (κ2) is 5.84. The molecule has 0 aliphatic rings. The van der Waals surface area contributed by atoms with Crippen LogP contribution in [0.25, 0.3) is 0 Å². The highest BCUT2D eigenvalue weighted by atomic mass is 35.9. The second-order valence-electron chi connectivity index (χ2n) is 1.83. The molecule has 2 nitrogen and oxygen atoms in total. The molecule has 0 spiro atoms. The average molecular weight is 214 g/mol. The normalized spacial score (nSPS) is 12.2. The summed E-state index contributed by atoms with van der Waals surface area (Å²) in [6.45, 7) is 4.81. The molecule has 0 aromatic heterocycles. The van der Waals surface area contributed by atoms with Gasteiger partial charge in [0.05, 0.1) is 0 Å². The minimum atomic E-state index is -3.02. The van der Waals surface area contributed by atoms with Gasteiger partial charge in [-0.3, -0.25) is 4.57 Å². The maximum Gasteiger partial charge on any atom is 0.274 e. The lowest BCUT2D eigenvalue weighted by Gasteiger charge is -1.94. The summed E-state index contributed by atoms with van der Waals surface area (Å²) in [5, 5.41) is 2.96. The van der Waals surface area contributed by atoms with Gasteiger partial charge in [-0.1, -0.05) is 12.2 Å². The summed E-state index contributed by atoms with van der Waals surface area (Å²) < 4.78 is 10.6. The molecule has 0 saturated carbocycles. The second-order valence-corrected chi connectivity index (χ2v) is 6.67. The van der Waals surface area contributed by atoms with E-state index in [2.05, 4.69) is 11.9 Å². The molecule has 0 rings (SSSR count). The van der Waals surface area contributed by atoms with Gasteiger partial charge in [0, 0.05) is 18.9 Å². The highest BCUT2D eigenvalue weighted by Crippen LogP contribution is 2.57. The smallest absolute Gasteiger partial charge is 0.274 e. The number of nitrogens with one attached hydrogen (secondary N) is 1. The molecule has 0 radical (unpaired) electrons. The first-order chi connectivity index (χ1) is 5.06. The average Bonchev–Trinajstić information content (AvgIpc) is 1.85. The van der Waals surface area contributed by atoms with E-state index >= 15 is 0 Å². The Labute approximate surface area is 76.2 Å². The molecule has 0 unspecified atom stereocenters. The van der Waals surface area contributed by atoms with Crippen LogP contribution in [0.1, 0.15) is 0 Å². The maximum atomic E-state index is 10.6. The summed E-state index contributed by atoms with van der Waals surface area (Å²) in [7, 11) is 0. The Kier molecular flexibility index (Phi) is 5.98. The fourth-order valence-electron chi connectivity index (χ4n) is 0.444. The van der Waals surface area contributed by atoms with E-state index in [0.717, 1.165) is 0 Å². The molecule has 11 heavy (non-hydrogen) atoms. The molecule has 1 N–H and O–H groups in total. The Morgan fingerprint density at radius 3 is 2.55 bits per heavy atom. The number of hydrogen-bond donors (Lipinski definition) is 1. The highest BCUT2D eigenvalue weighted by Gasteiger charge is 2.05. The van der Waals surface area contributed by atoms with Crippen molar-refractivity contribution in [1.29, 1.82) is 0 Å². The maximum absolute atomic E-state index is 10.6. The Morgan fingerprint density at radius 2 is 2.09 bits per heavy atom. The van der Waals surface area contributed by atoms with E-state index in [9.17, 15) is 4.57 Å². The van der Waals surface area contributed by atoms with Gasteiger partial charge in [-0.2, -0.15) is 0 Å². The van der Waals surface area contributed by atoms with Crippen molar-refractivity contribution < 1.29 is 4.57 Å². The van der Waals surface area contributed by atoms with Crippen LogP contribution in [0, 0.1) is 0 Å². The minimum Gasteiger partial charge on any atom is -0.310 e. The van der Waals surface area contributed by atoms with E-state index in [0.29, 0.717) is 13.1 Å². The van der Waals surface area contributed by atoms with Crippen LogP contribution in [0.3, 0.4) is 0 Å². The zero-order chi connectivity index (χ0) is 8.74. The lowest BCUT2D eigenvalue weighted by Crippen LogP contribution is -2.12. The van der Waals surface area contributed by atoms with Gasteiger partial charge in [-0.05, 0) is 22.5 Å². The molecule has 0 atom stereocenters. The SMILES string of the molecule is C=CCNCC=CP(=O)(Cl)Cl. The molecule has 0 saturated heterocycles. The summed E-state index contributed by atoms with van der Waals surface area (Å²) in [6.07, 6.45) is 3.36. The fourth-order valence-corrected chi connectivity index (χ4v) is 1.27. The highest BCUT2D eigenvalue weighted by molar-refractivity contribution is 8.10. The van der Waals surface area contributed by atoms with Crippen LogP contribution >= 0.6 is 28.3 Å². The molecule has 0 aliphatic heterocycles. The van der Waals surface area contributed by atoms with Crippen molar-refractivity contribution in [2.45, 2.75) is 0 Å². The van der Waals surface area contributed by atoms with E-state index in [4.69, 9.17) is 22.5 Å². The van der Waals surface area contributed by atoms with Crippen LogP contribution in [-0.2, 0) is 4.57 Å². The van der Waals surface area contributed by atoms with Gasteiger partial charge in [-0.25, -0.2) is 0 Å². The Bertz CT molecular complexity index is 187. The van der Waals surface area contributed by atoms with E-state index in [1.54, 1.807) is 12.2 Å². The molecular weight excluding hydrogens is 204 g/mol. The first-order valence-electron chi connectivity index (χ1n) is 3.04. The standard InChI is InChI=1S/C6H10Cl2NOP/c1-2-4-9-5-3-6-11(7,8)10/h2-3,6,9H,1,4-5H2. The van der Waals surface area contributed by atoms with Gasteiger partial charge >= 0.3 is 0 Å². The lowest BCUT2D eigenvalue weighted by atomic mass is 10.5. The zero-order valence-electron chi connectivity index (χ0n) is 5.96. The van der Waals surface area contributed by atoms with Gasteiger partial charge < -0.3 is 5.32 Å². The van der Waals surface area contributed by atoms with Crippen molar-refractivity contribution >= 4 is 28.3 Å². The van der Waals surface area contributed by atoms with Crippen molar-refractivity contribution in [3.05, 3.63) is 24.5 Å². The van der Waals surface area contributed by atoms with E-state index < -0.39 is 5.85 Å². The fraction of sp³-hybridized carbons (Fsp3) is 0.333. The van der Waals surface area contributed by atoms with E-state index in [1.165, 1.54) is 5.82 Å². The summed E-state index contributed by atoms with van der Waals surface area (Å²) >= 11 is 10.5. The molecule has 0 amide bonds. The predicted octanol–water partition coefficient (Wildman–Crippen LogP) is 2.95. The zero-order valence-corrected chi connectivity index (χ0v) is 8.37. The molecule has 5 heteroatoms. The molecule has 64 valence electrons. The van der Waals surface area contributed by atoms with Crippen LogP contribution in [0.4, 0.5) is 0 Å². The van der Waals surface area contributed by atoms with Gasteiger partial charge in [0.2, 0.25) is 0 Å². The Hall–Kier alpha value is 0.250. The van der Waals surface area contributed by atoms with Crippen LogP contribution in [-0.4, -0.2) is 13.1 Å². The van der Waals surface area contributed by atoms with E-state index in [1.807, 2.05) is 0 Å². The van der Waals surface area contributed by atoms with Crippen molar-refractivity contribution in [3.63, 3.8) is 0 Å². The molecule has 0 bridgehead atoms. The first kappa shape index (κ1) is 11.2. The van der Waals surface area contributed by atoms with Crippen LogP contribution in [0.15, 0.2) is 24.5 Å². The summed E-state index contributed by atoms with van der Waals surface area (Å²) in [5.41, 5.74) is 0. The molecular formula is C6H10Cl2NOP. The number of rotatable bonds is 5. The topological polar surface area (TPSA) is 29.1 Å². The number of halogens is 2. The van der Waals surface area contributed by atoms with Crippen molar-refractivity contribution in [2.75, 3.05) is 13.1 Å². The van der Waals surface area contributed by atoms with Crippen LogP contribution in [0.5, 0.6) is 0 Å². The third kappa shape index (κ3) is 10.2. The minimum absolute atomic E-state index is 0.593. The lowest BCUT2D eigenvalue weighted by molar-refractivity contribution is 0.597. The summed E-state index contributed by atoms with van der Waals surface area (Å²) in [5.74, 6) is -1.72. The largest absolute Gasteiger partial charge is 0.310 e. The third-order valence-electron chi connectivity index (χ3n) is 0.830. The first-order valence-corrected chi connectivity index (χ1v) is 6.63. The number of hydrogen-bond acceptors (Lipinski definition) is 2. The molecule has 0 aromatic rings. The Morgan fingerprint density at radius 1 is 1.45 bits per heavy atom. The molecule has 0 heterocycles. The predicted molar refractivity (Wildman–Crippen MR) is 51.5 cm³/mol. The quantitative estimate of drug-likeness (QED) is 0.433. The van der Waals surface area contributed by atoms with Crippen molar-refractivity contribution in [3.8, 4) is 0 Å². The van der Waals surface area contributed by atoms with Gasteiger partial charge in [0.15, 0.2) is 0 Å². The van der Waals surface area contributed by atoms with Crippen LogP contribution < -0.4 is 5.32 Å². The van der Waals surface area contributed by atoms with Gasteiger partial charge in [0.25, 0.3) is 5.85 Å². The van der Waals surface area contributed by atoms with Crippen LogP contribution in [0.2, 0.25) is 0 Å². The summed E-state index contributed by atoms with van der Waals surface area (Å²) in [6, 6.07) is 0. The van der Waals surface area contributed by atoms with Crippen molar-refractivity contribution in [2.24, 2.45) is 0 Å².